The van der Waals surface area contributed by atoms with Gasteiger partial charge >= 0.3 is 0 Å². The molecular formula is C23H22O. The van der Waals surface area contributed by atoms with Gasteiger partial charge in [0, 0.05) is 11.1 Å². The van der Waals surface area contributed by atoms with Gasteiger partial charge in [-0.05, 0) is 46.3 Å². The number of hydrogen-bond donors (Lipinski definition) is 0. The number of carbonyl (C=O) groups excluding carboxylic acids is 1. The Morgan fingerprint density at radius 1 is 0.625 bits per heavy atom. The summed E-state index contributed by atoms with van der Waals surface area (Å²) in [4.78, 5) is 12.9. The highest BCUT2D eigenvalue weighted by atomic mass is 16.1. The minimum absolute atomic E-state index is 0.153. The first-order valence-corrected chi connectivity index (χ1v) is 8.98. The maximum absolute atomic E-state index is 12.9. The van der Waals surface area contributed by atoms with E-state index in [9.17, 15) is 4.79 Å². The zero-order valence-electron chi connectivity index (χ0n) is 14.4. The molecular weight excluding hydrogens is 292 g/mol. The van der Waals surface area contributed by atoms with E-state index in [0.29, 0.717) is 0 Å². The molecule has 2 aromatic rings. The van der Waals surface area contributed by atoms with Crippen LogP contribution in [0.5, 0.6) is 0 Å². The van der Waals surface area contributed by atoms with Crippen molar-refractivity contribution in [3.05, 3.63) is 87.5 Å². The molecule has 0 aromatic heterocycles. The molecule has 0 saturated carbocycles. The van der Waals surface area contributed by atoms with Crippen molar-refractivity contribution < 1.29 is 4.79 Å². The molecule has 1 heteroatoms. The lowest BCUT2D eigenvalue weighted by molar-refractivity contribution is 0.103. The van der Waals surface area contributed by atoms with Crippen LogP contribution in [0, 0.1) is 0 Å². The maximum Gasteiger partial charge on any atom is 0.194 e. The molecule has 1 nitrogen and oxygen atoms in total. The summed E-state index contributed by atoms with van der Waals surface area (Å²) in [7, 11) is 0. The molecule has 0 N–H and O–H groups in total. The van der Waals surface area contributed by atoms with Crippen molar-refractivity contribution in [2.24, 2.45) is 0 Å². The van der Waals surface area contributed by atoms with E-state index in [0.717, 1.165) is 35.1 Å². The Morgan fingerprint density at radius 2 is 1.04 bits per heavy atom. The normalized spacial score (nSPS) is 15.5. The van der Waals surface area contributed by atoms with Crippen molar-refractivity contribution >= 4 is 11.4 Å². The summed E-state index contributed by atoms with van der Waals surface area (Å²) >= 11 is 0. The van der Waals surface area contributed by atoms with Gasteiger partial charge in [-0.2, -0.15) is 0 Å². The Kier molecular flexibility index (Phi) is 3.72. The minimum Gasteiger partial charge on any atom is -0.289 e. The van der Waals surface area contributed by atoms with E-state index in [1.54, 1.807) is 0 Å². The third kappa shape index (κ3) is 2.19. The van der Waals surface area contributed by atoms with Crippen LogP contribution in [-0.2, 0) is 0 Å². The van der Waals surface area contributed by atoms with Gasteiger partial charge in [0.15, 0.2) is 5.78 Å². The van der Waals surface area contributed by atoms with E-state index in [4.69, 9.17) is 0 Å². The Balaban J connectivity index is 1.96. The zero-order chi connectivity index (χ0) is 16.7. The molecule has 0 atom stereocenters. The number of fused-ring (bicyclic) bond motifs is 2. The lowest BCUT2D eigenvalue weighted by atomic mass is 9.80. The van der Waals surface area contributed by atoms with Gasteiger partial charge in [0.2, 0.25) is 0 Å². The molecule has 2 aromatic carbocycles. The summed E-state index contributed by atoms with van der Waals surface area (Å²) in [6.45, 7) is 4.48. The first-order valence-electron chi connectivity index (χ1n) is 8.98. The SMILES string of the molecule is CCCC1=C(CCC)C1=C1c2ccccc2C(=O)c2ccccc21. The zero-order valence-corrected chi connectivity index (χ0v) is 14.4. The van der Waals surface area contributed by atoms with E-state index in [1.165, 1.54) is 35.1 Å². The minimum atomic E-state index is 0.153. The first-order chi connectivity index (χ1) is 11.8. The van der Waals surface area contributed by atoms with E-state index >= 15 is 0 Å². The van der Waals surface area contributed by atoms with Crippen LogP contribution in [0.2, 0.25) is 0 Å². The molecule has 0 fully saturated rings. The molecule has 0 aliphatic heterocycles. The van der Waals surface area contributed by atoms with Crippen LogP contribution in [0.3, 0.4) is 0 Å². The summed E-state index contributed by atoms with van der Waals surface area (Å²) in [5, 5.41) is 0. The number of hydrogen-bond acceptors (Lipinski definition) is 1. The van der Waals surface area contributed by atoms with E-state index in [-0.39, 0.29) is 5.78 Å². The van der Waals surface area contributed by atoms with Crippen molar-refractivity contribution in [3.8, 4) is 0 Å². The second-order valence-corrected chi connectivity index (χ2v) is 6.63. The summed E-state index contributed by atoms with van der Waals surface area (Å²) in [5.74, 6) is 0.153. The molecule has 120 valence electrons. The first kappa shape index (κ1) is 15.1. The summed E-state index contributed by atoms with van der Waals surface area (Å²) < 4.78 is 0. The topological polar surface area (TPSA) is 17.1 Å². The van der Waals surface area contributed by atoms with Crippen molar-refractivity contribution in [2.45, 2.75) is 39.5 Å². The molecule has 0 radical (unpaired) electrons. The van der Waals surface area contributed by atoms with Crippen molar-refractivity contribution in [1.82, 2.24) is 0 Å². The Hall–Kier alpha value is -2.41. The van der Waals surface area contributed by atoms with E-state index < -0.39 is 0 Å². The Morgan fingerprint density at radius 3 is 1.46 bits per heavy atom. The van der Waals surface area contributed by atoms with Crippen molar-refractivity contribution in [3.63, 3.8) is 0 Å². The summed E-state index contributed by atoms with van der Waals surface area (Å²) in [6.07, 6.45) is 4.63. The van der Waals surface area contributed by atoms with Crippen molar-refractivity contribution in [1.29, 1.82) is 0 Å². The van der Waals surface area contributed by atoms with Crippen LogP contribution in [0.25, 0.3) is 5.57 Å². The Labute approximate surface area is 143 Å². The van der Waals surface area contributed by atoms with Gasteiger partial charge in [-0.1, -0.05) is 75.2 Å². The van der Waals surface area contributed by atoms with Crippen LogP contribution in [0.15, 0.2) is 65.3 Å². The molecule has 0 amide bonds. The van der Waals surface area contributed by atoms with Gasteiger partial charge in [0.1, 0.15) is 0 Å². The summed E-state index contributed by atoms with van der Waals surface area (Å²) in [5.41, 5.74) is 9.70. The fraction of sp³-hybridized carbons (Fsp3) is 0.261. The van der Waals surface area contributed by atoms with Crippen LogP contribution < -0.4 is 0 Å². The number of allylic oxidation sites excluding steroid dienone is 3. The average Bonchev–Trinajstić information content (AvgIpc) is 3.28. The lowest BCUT2D eigenvalue weighted by Crippen LogP contribution is -2.14. The van der Waals surface area contributed by atoms with Crippen molar-refractivity contribution in [2.75, 3.05) is 0 Å². The van der Waals surface area contributed by atoms with Gasteiger partial charge in [-0.25, -0.2) is 0 Å². The van der Waals surface area contributed by atoms with E-state index in [1.807, 2.05) is 36.4 Å². The maximum atomic E-state index is 12.9. The molecule has 0 bridgehead atoms. The van der Waals surface area contributed by atoms with Gasteiger partial charge in [-0.3, -0.25) is 4.79 Å². The van der Waals surface area contributed by atoms with Crippen LogP contribution in [-0.4, -0.2) is 5.78 Å². The molecule has 24 heavy (non-hydrogen) atoms. The van der Waals surface area contributed by atoms with Crippen LogP contribution >= 0.6 is 0 Å². The number of carbonyl (C=O) groups is 1. The second kappa shape index (κ2) is 5.90. The largest absolute Gasteiger partial charge is 0.289 e. The van der Waals surface area contributed by atoms with Crippen LogP contribution in [0.4, 0.5) is 0 Å². The lowest BCUT2D eigenvalue weighted by Gasteiger charge is -2.22. The predicted molar refractivity (Wildman–Crippen MR) is 99.2 cm³/mol. The Bertz CT molecular complexity index is 826. The van der Waals surface area contributed by atoms with E-state index in [2.05, 4.69) is 26.0 Å². The van der Waals surface area contributed by atoms with Gasteiger partial charge in [0.05, 0.1) is 0 Å². The fourth-order valence-electron chi connectivity index (χ4n) is 3.98. The highest BCUT2D eigenvalue weighted by molar-refractivity contribution is 6.20. The fourth-order valence-corrected chi connectivity index (χ4v) is 3.98. The number of ketones is 1. The molecule has 0 heterocycles. The molecule has 2 aliphatic carbocycles. The van der Waals surface area contributed by atoms with Gasteiger partial charge in [0.25, 0.3) is 0 Å². The van der Waals surface area contributed by atoms with Crippen LogP contribution in [0.1, 0.15) is 66.6 Å². The highest BCUT2D eigenvalue weighted by Gasteiger charge is 2.36. The van der Waals surface area contributed by atoms with Gasteiger partial charge < -0.3 is 0 Å². The van der Waals surface area contributed by atoms with Gasteiger partial charge in [-0.15, -0.1) is 0 Å². The number of rotatable bonds is 4. The second-order valence-electron chi connectivity index (χ2n) is 6.63. The molecule has 0 saturated heterocycles. The summed E-state index contributed by atoms with van der Waals surface area (Å²) in [6, 6.07) is 16.2. The quantitative estimate of drug-likeness (QED) is 0.582. The molecule has 4 rings (SSSR count). The smallest absolute Gasteiger partial charge is 0.194 e. The monoisotopic (exact) mass is 314 g/mol. The average molecular weight is 314 g/mol. The number of benzene rings is 2. The predicted octanol–water partition coefficient (Wildman–Crippen LogP) is 5.94. The third-order valence-electron chi connectivity index (χ3n) is 5.04. The third-order valence-corrected chi connectivity index (χ3v) is 5.04. The highest BCUT2D eigenvalue weighted by Crippen LogP contribution is 2.52. The molecule has 0 unspecified atom stereocenters. The molecule has 0 spiro atoms. The standard InChI is InChI=1S/C23H22O/c1-3-9-15-16(10-4-2)21(15)22-17-11-5-7-13-19(17)23(24)20-14-8-6-12-18(20)22/h5-8,11-14H,3-4,9-10H2,1-2H3. The molecule has 2 aliphatic rings.